The smallest absolute Gasteiger partial charge is 0.0299 e. The Balaban J connectivity index is 2.04. The molecule has 0 aliphatic carbocycles. The van der Waals surface area contributed by atoms with E-state index in [1.54, 1.807) is 11.3 Å². The predicted octanol–water partition coefficient (Wildman–Crippen LogP) is 2.47. The van der Waals surface area contributed by atoms with Crippen LogP contribution in [0.5, 0.6) is 0 Å². The lowest BCUT2D eigenvalue weighted by Gasteiger charge is -1.99. The van der Waals surface area contributed by atoms with Gasteiger partial charge in [0.25, 0.3) is 0 Å². The molecule has 0 radical (unpaired) electrons. The molecule has 1 aromatic heterocycles. The normalized spacial score (nSPS) is 10.3. The Morgan fingerprint density at radius 3 is 3.09 bits per heavy atom. The summed E-state index contributed by atoms with van der Waals surface area (Å²) in [5, 5.41) is 5.41. The first-order valence-corrected chi connectivity index (χ1v) is 5.14. The highest BCUT2D eigenvalue weighted by Crippen LogP contribution is 2.06. The monoisotopic (exact) mass is 189 g/mol. The number of rotatable bonds is 5. The van der Waals surface area contributed by atoms with Crippen molar-refractivity contribution in [2.24, 2.45) is 0 Å². The maximum Gasteiger partial charge on any atom is 0.0299 e. The Bertz CT molecular complexity index is 174. The molecule has 11 heavy (non-hydrogen) atoms. The molecule has 0 unspecified atom stereocenters. The van der Waals surface area contributed by atoms with Crippen molar-refractivity contribution < 1.29 is 0 Å². The Morgan fingerprint density at radius 1 is 1.55 bits per heavy atom. The fourth-order valence-electron chi connectivity index (χ4n) is 0.817. The van der Waals surface area contributed by atoms with Gasteiger partial charge in [-0.25, -0.2) is 0 Å². The first kappa shape index (κ1) is 9.04. The van der Waals surface area contributed by atoms with Gasteiger partial charge in [-0.3, -0.25) is 0 Å². The number of alkyl halides is 1. The summed E-state index contributed by atoms with van der Waals surface area (Å²) in [7, 11) is 0. The first-order valence-electron chi connectivity index (χ1n) is 3.72. The molecule has 62 valence electrons. The lowest BCUT2D eigenvalue weighted by molar-refractivity contribution is 0.684. The van der Waals surface area contributed by atoms with Gasteiger partial charge in [0.15, 0.2) is 0 Å². The van der Waals surface area contributed by atoms with Crippen LogP contribution in [0.2, 0.25) is 0 Å². The van der Waals surface area contributed by atoms with Crippen molar-refractivity contribution in [1.82, 2.24) is 5.32 Å². The van der Waals surface area contributed by atoms with E-state index in [9.17, 15) is 0 Å². The Labute approximate surface area is 76.4 Å². The molecule has 3 heteroatoms. The molecule has 0 atom stereocenters. The second-order valence-electron chi connectivity index (χ2n) is 2.30. The zero-order valence-electron chi connectivity index (χ0n) is 6.35. The third kappa shape index (κ3) is 3.75. The molecule has 0 fully saturated rings. The van der Waals surface area contributed by atoms with Crippen molar-refractivity contribution in [3.05, 3.63) is 22.4 Å². The van der Waals surface area contributed by atoms with E-state index >= 15 is 0 Å². The van der Waals surface area contributed by atoms with E-state index in [0.717, 1.165) is 25.4 Å². The van der Waals surface area contributed by atoms with Gasteiger partial charge < -0.3 is 5.32 Å². The SMILES string of the molecule is ClCCCNCc1cccs1. The highest BCUT2D eigenvalue weighted by molar-refractivity contribution is 7.09. The van der Waals surface area contributed by atoms with Gasteiger partial charge in [-0.05, 0) is 24.4 Å². The highest BCUT2D eigenvalue weighted by Gasteiger charge is 1.90. The first-order chi connectivity index (χ1) is 5.43. The van der Waals surface area contributed by atoms with Crippen LogP contribution in [-0.4, -0.2) is 12.4 Å². The molecule has 0 saturated carbocycles. The molecule has 0 aliphatic rings. The average molecular weight is 190 g/mol. The van der Waals surface area contributed by atoms with E-state index < -0.39 is 0 Å². The standard InChI is InChI=1S/C8H12ClNS/c9-4-2-5-10-7-8-3-1-6-11-8/h1,3,6,10H,2,4-5,7H2. The molecule has 1 rings (SSSR count). The van der Waals surface area contributed by atoms with E-state index in [4.69, 9.17) is 11.6 Å². The minimum absolute atomic E-state index is 0.747. The molecule has 1 nitrogen and oxygen atoms in total. The van der Waals surface area contributed by atoms with E-state index in [1.165, 1.54) is 4.88 Å². The summed E-state index contributed by atoms with van der Waals surface area (Å²) in [6.45, 7) is 2.00. The number of thiophene rings is 1. The Hall–Kier alpha value is -0.0500. The van der Waals surface area contributed by atoms with Gasteiger partial charge in [0.05, 0.1) is 0 Å². The van der Waals surface area contributed by atoms with Crippen LogP contribution in [0.3, 0.4) is 0 Å². The summed E-state index contributed by atoms with van der Waals surface area (Å²) in [4.78, 5) is 1.39. The van der Waals surface area contributed by atoms with Gasteiger partial charge in [0.2, 0.25) is 0 Å². The molecule has 0 saturated heterocycles. The van der Waals surface area contributed by atoms with Crippen LogP contribution in [0.15, 0.2) is 17.5 Å². The van der Waals surface area contributed by atoms with Crippen LogP contribution in [0.25, 0.3) is 0 Å². The molecule has 1 heterocycles. The Kier molecular flexibility index (Phi) is 4.59. The van der Waals surface area contributed by atoms with Crippen molar-refractivity contribution in [3.63, 3.8) is 0 Å². The second kappa shape index (κ2) is 5.58. The number of halogens is 1. The molecule has 1 N–H and O–H groups in total. The zero-order chi connectivity index (χ0) is 7.94. The van der Waals surface area contributed by atoms with Gasteiger partial charge in [0.1, 0.15) is 0 Å². The summed E-state index contributed by atoms with van der Waals surface area (Å²) in [5.74, 6) is 0.747. The van der Waals surface area contributed by atoms with Gasteiger partial charge in [-0.2, -0.15) is 0 Å². The quantitative estimate of drug-likeness (QED) is 0.555. The Morgan fingerprint density at radius 2 is 2.45 bits per heavy atom. The molecule has 0 amide bonds. The number of nitrogens with one attached hydrogen (secondary N) is 1. The number of hydrogen-bond acceptors (Lipinski definition) is 2. The van der Waals surface area contributed by atoms with Crippen LogP contribution >= 0.6 is 22.9 Å². The maximum atomic E-state index is 5.52. The van der Waals surface area contributed by atoms with Crippen molar-refractivity contribution in [3.8, 4) is 0 Å². The topological polar surface area (TPSA) is 12.0 Å². The fraction of sp³-hybridized carbons (Fsp3) is 0.500. The molecular formula is C8H12ClNS. The lowest BCUT2D eigenvalue weighted by Crippen LogP contribution is -2.13. The van der Waals surface area contributed by atoms with Gasteiger partial charge in [0, 0.05) is 17.3 Å². The summed E-state index contributed by atoms with van der Waals surface area (Å²) < 4.78 is 0. The van der Waals surface area contributed by atoms with Crippen LogP contribution in [0, 0.1) is 0 Å². The van der Waals surface area contributed by atoms with E-state index in [0.29, 0.717) is 0 Å². The average Bonchev–Trinajstić information content (AvgIpc) is 2.50. The molecule has 0 spiro atoms. The summed E-state index contributed by atoms with van der Waals surface area (Å²) in [5.41, 5.74) is 0. The largest absolute Gasteiger partial charge is 0.312 e. The summed E-state index contributed by atoms with van der Waals surface area (Å²) in [6.07, 6.45) is 1.05. The molecule has 0 bridgehead atoms. The third-order valence-corrected chi connectivity index (χ3v) is 2.51. The lowest BCUT2D eigenvalue weighted by atomic mass is 10.4. The van der Waals surface area contributed by atoms with Crippen LogP contribution < -0.4 is 5.32 Å². The van der Waals surface area contributed by atoms with E-state index in [2.05, 4.69) is 22.8 Å². The molecule has 1 aromatic rings. The zero-order valence-corrected chi connectivity index (χ0v) is 7.92. The van der Waals surface area contributed by atoms with Crippen molar-refractivity contribution in [2.75, 3.05) is 12.4 Å². The molecular weight excluding hydrogens is 178 g/mol. The molecule has 0 aromatic carbocycles. The predicted molar refractivity (Wildman–Crippen MR) is 51.4 cm³/mol. The van der Waals surface area contributed by atoms with Gasteiger partial charge in [-0.15, -0.1) is 22.9 Å². The van der Waals surface area contributed by atoms with Crippen molar-refractivity contribution in [1.29, 1.82) is 0 Å². The van der Waals surface area contributed by atoms with E-state index in [-0.39, 0.29) is 0 Å². The molecule has 0 aliphatic heterocycles. The highest BCUT2D eigenvalue weighted by atomic mass is 35.5. The van der Waals surface area contributed by atoms with Crippen LogP contribution in [0.4, 0.5) is 0 Å². The number of hydrogen-bond donors (Lipinski definition) is 1. The minimum atomic E-state index is 0.747. The van der Waals surface area contributed by atoms with Crippen LogP contribution in [0.1, 0.15) is 11.3 Å². The van der Waals surface area contributed by atoms with Gasteiger partial charge >= 0.3 is 0 Å². The van der Waals surface area contributed by atoms with Gasteiger partial charge in [-0.1, -0.05) is 6.07 Å². The fourth-order valence-corrected chi connectivity index (χ4v) is 1.62. The summed E-state index contributed by atoms with van der Waals surface area (Å²) >= 11 is 7.31. The van der Waals surface area contributed by atoms with Crippen molar-refractivity contribution >= 4 is 22.9 Å². The maximum absolute atomic E-state index is 5.52. The summed E-state index contributed by atoms with van der Waals surface area (Å²) in [6, 6.07) is 4.21. The van der Waals surface area contributed by atoms with Crippen molar-refractivity contribution in [2.45, 2.75) is 13.0 Å². The minimum Gasteiger partial charge on any atom is -0.312 e. The second-order valence-corrected chi connectivity index (χ2v) is 3.71. The third-order valence-electron chi connectivity index (χ3n) is 1.37. The van der Waals surface area contributed by atoms with E-state index in [1.807, 2.05) is 0 Å². The van der Waals surface area contributed by atoms with Crippen LogP contribution in [-0.2, 0) is 6.54 Å².